The van der Waals surface area contributed by atoms with Gasteiger partial charge in [0.2, 0.25) is 0 Å². The number of aliphatic imine (C=N–C) groups is 1. The number of hydrogen-bond acceptors (Lipinski definition) is 5. The summed E-state index contributed by atoms with van der Waals surface area (Å²) < 4.78 is 29.4. The molecule has 2 aromatic carbocycles. The number of hydrogen-bond donors (Lipinski definition) is 0. The third-order valence-electron chi connectivity index (χ3n) is 5.21. The molecule has 0 spiro atoms. The van der Waals surface area contributed by atoms with Gasteiger partial charge in [0, 0.05) is 16.8 Å². The highest BCUT2D eigenvalue weighted by Gasteiger charge is 2.48. The molecule has 158 valence electrons. The molecule has 30 heavy (non-hydrogen) atoms. The Morgan fingerprint density at radius 1 is 1.20 bits per heavy atom. The van der Waals surface area contributed by atoms with Crippen molar-refractivity contribution in [2.24, 2.45) is 4.99 Å². The number of benzene rings is 2. The van der Waals surface area contributed by atoms with Crippen molar-refractivity contribution in [3.05, 3.63) is 64.7 Å². The van der Waals surface area contributed by atoms with Crippen LogP contribution in [0.25, 0.3) is 0 Å². The Bertz CT molecular complexity index is 1090. The molecule has 9 heteroatoms. The summed E-state index contributed by atoms with van der Waals surface area (Å²) in [7, 11) is -1.50. The van der Waals surface area contributed by atoms with Gasteiger partial charge in [-0.2, -0.15) is 4.99 Å². The number of nitrogens with zero attached hydrogens (tertiary/aromatic N) is 2. The standard InChI is InChI=1S/C21H21ClN2O4S2/c1-28-16-8-6-14(7-9-16)10-20(25)23-21-24(11-15-4-2-3-5-17(15)22)18-12-30(26,27)13-19(18)29-21/h2-9,18-19H,10-13H2,1H3/t18-,19+/m0/s1. The van der Waals surface area contributed by atoms with Crippen LogP contribution in [-0.4, -0.2) is 54.3 Å². The molecule has 2 fully saturated rings. The molecule has 2 aliphatic heterocycles. The van der Waals surface area contributed by atoms with Crippen molar-refractivity contribution >= 4 is 44.3 Å². The molecule has 0 bridgehead atoms. The minimum Gasteiger partial charge on any atom is -0.497 e. The molecule has 0 unspecified atom stereocenters. The number of fused-ring (bicyclic) bond motifs is 1. The lowest BCUT2D eigenvalue weighted by atomic mass is 10.1. The van der Waals surface area contributed by atoms with E-state index in [0.717, 1.165) is 16.9 Å². The number of carbonyl (C=O) groups excluding carboxylic acids is 1. The van der Waals surface area contributed by atoms with Gasteiger partial charge in [-0.05, 0) is 29.3 Å². The molecule has 2 heterocycles. The van der Waals surface area contributed by atoms with Gasteiger partial charge in [0.15, 0.2) is 15.0 Å². The molecule has 0 saturated carbocycles. The van der Waals surface area contributed by atoms with Crippen molar-refractivity contribution in [2.45, 2.75) is 24.3 Å². The molecule has 0 radical (unpaired) electrons. The quantitative estimate of drug-likeness (QED) is 0.676. The Labute approximate surface area is 185 Å². The average molecular weight is 465 g/mol. The van der Waals surface area contributed by atoms with E-state index in [2.05, 4.69) is 4.99 Å². The predicted molar refractivity (Wildman–Crippen MR) is 120 cm³/mol. The maximum absolute atomic E-state index is 12.6. The Hall–Kier alpha value is -2.03. The molecule has 2 saturated heterocycles. The molecule has 2 atom stereocenters. The number of amidine groups is 1. The summed E-state index contributed by atoms with van der Waals surface area (Å²) in [5.74, 6) is 0.631. The highest BCUT2D eigenvalue weighted by molar-refractivity contribution is 8.15. The van der Waals surface area contributed by atoms with Crippen LogP contribution in [0.1, 0.15) is 11.1 Å². The first-order valence-electron chi connectivity index (χ1n) is 9.46. The van der Waals surface area contributed by atoms with Crippen molar-refractivity contribution in [3.63, 3.8) is 0 Å². The Morgan fingerprint density at radius 3 is 2.63 bits per heavy atom. The second-order valence-electron chi connectivity index (χ2n) is 7.33. The number of amides is 1. The molecule has 0 aromatic heterocycles. The number of thioether (sulfide) groups is 1. The van der Waals surface area contributed by atoms with Gasteiger partial charge in [-0.15, -0.1) is 0 Å². The van der Waals surface area contributed by atoms with Crippen molar-refractivity contribution < 1.29 is 17.9 Å². The van der Waals surface area contributed by atoms with Crippen LogP contribution in [0.2, 0.25) is 5.02 Å². The van der Waals surface area contributed by atoms with E-state index in [-0.39, 0.29) is 35.1 Å². The maximum atomic E-state index is 12.6. The fourth-order valence-electron chi connectivity index (χ4n) is 3.69. The zero-order valence-electron chi connectivity index (χ0n) is 16.3. The van der Waals surface area contributed by atoms with Gasteiger partial charge in [-0.1, -0.05) is 53.7 Å². The van der Waals surface area contributed by atoms with Crippen molar-refractivity contribution in [3.8, 4) is 5.75 Å². The van der Waals surface area contributed by atoms with Gasteiger partial charge in [-0.3, -0.25) is 4.79 Å². The van der Waals surface area contributed by atoms with E-state index in [9.17, 15) is 13.2 Å². The Balaban J connectivity index is 1.56. The van der Waals surface area contributed by atoms with Crippen LogP contribution in [-0.2, 0) is 27.6 Å². The number of sulfone groups is 1. The fraction of sp³-hybridized carbons (Fsp3) is 0.333. The zero-order chi connectivity index (χ0) is 21.3. The van der Waals surface area contributed by atoms with E-state index in [4.69, 9.17) is 16.3 Å². The summed E-state index contributed by atoms with van der Waals surface area (Å²) >= 11 is 7.69. The highest BCUT2D eigenvalue weighted by Crippen LogP contribution is 2.39. The Kier molecular flexibility index (Phi) is 6.09. The largest absolute Gasteiger partial charge is 0.497 e. The summed E-state index contributed by atoms with van der Waals surface area (Å²) in [5.41, 5.74) is 1.72. The first-order valence-corrected chi connectivity index (χ1v) is 12.5. The monoisotopic (exact) mass is 464 g/mol. The minimum atomic E-state index is -3.10. The number of halogens is 1. The normalized spacial score (nSPS) is 23.5. The van der Waals surface area contributed by atoms with Crippen LogP contribution in [0.4, 0.5) is 0 Å². The lowest BCUT2D eigenvalue weighted by molar-refractivity contribution is -0.117. The molecular formula is C21H21ClN2O4S2. The topological polar surface area (TPSA) is 76.0 Å². The fourth-order valence-corrected chi connectivity index (χ4v) is 7.86. The lowest BCUT2D eigenvalue weighted by Gasteiger charge is -2.25. The van der Waals surface area contributed by atoms with E-state index < -0.39 is 9.84 Å². The maximum Gasteiger partial charge on any atom is 0.252 e. The summed E-state index contributed by atoms with van der Waals surface area (Å²) in [6.07, 6.45) is 0.168. The molecule has 4 rings (SSSR count). The van der Waals surface area contributed by atoms with Crippen LogP contribution in [0.15, 0.2) is 53.5 Å². The van der Waals surface area contributed by atoms with Gasteiger partial charge in [0.25, 0.3) is 5.91 Å². The summed E-state index contributed by atoms with van der Waals surface area (Å²) in [6.45, 7) is 0.415. The highest BCUT2D eigenvalue weighted by atomic mass is 35.5. The number of ether oxygens (including phenoxy) is 1. The molecule has 2 aliphatic rings. The third-order valence-corrected chi connectivity index (χ3v) is 8.82. The van der Waals surface area contributed by atoms with Crippen LogP contribution >= 0.6 is 23.4 Å². The zero-order valence-corrected chi connectivity index (χ0v) is 18.7. The molecule has 0 aliphatic carbocycles. The Morgan fingerprint density at radius 2 is 1.93 bits per heavy atom. The van der Waals surface area contributed by atoms with Crippen molar-refractivity contribution in [1.29, 1.82) is 0 Å². The van der Waals surface area contributed by atoms with Gasteiger partial charge >= 0.3 is 0 Å². The second-order valence-corrected chi connectivity index (χ2v) is 11.1. The number of methoxy groups -OCH3 is 1. The van der Waals surface area contributed by atoms with Gasteiger partial charge in [0.05, 0.1) is 31.1 Å². The minimum absolute atomic E-state index is 0.0702. The van der Waals surface area contributed by atoms with E-state index in [1.165, 1.54) is 11.8 Å². The van der Waals surface area contributed by atoms with Crippen LogP contribution in [0, 0.1) is 0 Å². The molecule has 6 nitrogen and oxygen atoms in total. The summed E-state index contributed by atoms with van der Waals surface area (Å²) in [4.78, 5) is 18.9. The lowest BCUT2D eigenvalue weighted by Crippen LogP contribution is -2.37. The van der Waals surface area contributed by atoms with Crippen molar-refractivity contribution in [1.82, 2.24) is 4.90 Å². The summed E-state index contributed by atoms with van der Waals surface area (Å²) in [6, 6.07) is 14.5. The first-order chi connectivity index (χ1) is 14.3. The van der Waals surface area contributed by atoms with Crippen molar-refractivity contribution in [2.75, 3.05) is 18.6 Å². The molecule has 1 amide bonds. The van der Waals surface area contributed by atoms with E-state index in [1.54, 1.807) is 25.3 Å². The SMILES string of the molecule is COc1ccc(CC(=O)N=C2S[C@@H]3CS(=O)(=O)C[C@@H]3N2Cc2ccccc2Cl)cc1. The van der Waals surface area contributed by atoms with E-state index in [0.29, 0.717) is 16.7 Å². The third kappa shape index (κ3) is 4.66. The van der Waals surface area contributed by atoms with Crippen LogP contribution in [0.3, 0.4) is 0 Å². The molecule has 2 aromatic rings. The predicted octanol–water partition coefficient (Wildman–Crippen LogP) is 3.19. The van der Waals surface area contributed by atoms with E-state index in [1.807, 2.05) is 35.2 Å². The first kappa shape index (κ1) is 21.2. The van der Waals surface area contributed by atoms with Gasteiger partial charge < -0.3 is 9.64 Å². The second kappa shape index (κ2) is 8.61. The van der Waals surface area contributed by atoms with Gasteiger partial charge in [0.1, 0.15) is 5.75 Å². The van der Waals surface area contributed by atoms with Crippen LogP contribution in [0.5, 0.6) is 5.75 Å². The molecular weight excluding hydrogens is 444 g/mol. The average Bonchev–Trinajstić information content (AvgIpc) is 3.16. The van der Waals surface area contributed by atoms with Gasteiger partial charge in [-0.25, -0.2) is 8.42 Å². The van der Waals surface area contributed by atoms with Crippen LogP contribution < -0.4 is 4.74 Å². The number of rotatable bonds is 5. The molecule has 0 N–H and O–H groups in total. The summed E-state index contributed by atoms with van der Waals surface area (Å²) in [5, 5.41) is 1.05. The van der Waals surface area contributed by atoms with E-state index >= 15 is 0 Å². The smallest absolute Gasteiger partial charge is 0.252 e. The number of carbonyl (C=O) groups is 1.